The van der Waals surface area contributed by atoms with Crippen LogP contribution in [0.3, 0.4) is 0 Å². The second-order valence-corrected chi connectivity index (χ2v) is 14.1. The van der Waals surface area contributed by atoms with E-state index in [9.17, 15) is 24.9 Å². The molecule has 5 N–H and O–H groups in total. The third-order valence-corrected chi connectivity index (χ3v) is 9.84. The summed E-state index contributed by atoms with van der Waals surface area (Å²) in [5, 5.41) is 35.9. The smallest absolute Gasteiger partial charge is 0.328 e. The molecule has 0 aliphatic carbocycles. The number of esters is 1. The van der Waals surface area contributed by atoms with E-state index in [-0.39, 0.29) is 31.1 Å². The molecule has 0 spiro atoms. The van der Waals surface area contributed by atoms with Crippen molar-refractivity contribution in [2.75, 3.05) is 27.2 Å². The number of carbonyl (C=O) groups is 2. The highest BCUT2D eigenvalue weighted by atomic mass is 16.7. The highest BCUT2D eigenvalue weighted by Gasteiger charge is 2.33. The van der Waals surface area contributed by atoms with E-state index in [1.807, 2.05) is 115 Å². The number of urea groups is 1. The van der Waals surface area contributed by atoms with Crippen LogP contribution in [0.4, 0.5) is 4.79 Å². The van der Waals surface area contributed by atoms with Crippen molar-refractivity contribution in [2.24, 2.45) is 0 Å². The van der Waals surface area contributed by atoms with Gasteiger partial charge >= 0.3 is 12.0 Å². The number of benzene rings is 5. The minimum atomic E-state index is -0.827. The van der Waals surface area contributed by atoms with Gasteiger partial charge in [-0.15, -0.1) is 0 Å². The summed E-state index contributed by atoms with van der Waals surface area (Å²) in [5.74, 6) is -0.411. The molecule has 5 atom stereocenters. The molecule has 0 saturated carbocycles. The van der Waals surface area contributed by atoms with Crippen LogP contribution >= 0.6 is 0 Å². The first-order chi connectivity index (χ1) is 27.2. The van der Waals surface area contributed by atoms with E-state index in [1.165, 1.54) is 7.11 Å². The van der Waals surface area contributed by atoms with Crippen LogP contribution in [0, 0.1) is 0 Å². The minimum Gasteiger partial charge on any atom is -0.508 e. The topological polar surface area (TPSA) is 150 Å². The number of nitrogens with one attached hydrogen (secondary N) is 2. The van der Waals surface area contributed by atoms with Crippen LogP contribution in [0.2, 0.25) is 0 Å². The molecule has 11 heteroatoms. The van der Waals surface area contributed by atoms with Crippen molar-refractivity contribution in [1.29, 1.82) is 0 Å². The fourth-order valence-electron chi connectivity index (χ4n) is 6.86. The van der Waals surface area contributed by atoms with Crippen LogP contribution in [0.5, 0.6) is 5.75 Å². The predicted octanol–water partition coefficient (Wildman–Crippen LogP) is 6.35. The van der Waals surface area contributed by atoms with Crippen LogP contribution in [-0.2, 0) is 38.6 Å². The van der Waals surface area contributed by atoms with Gasteiger partial charge in [0.2, 0.25) is 0 Å². The number of hydrogen-bond donors (Lipinski definition) is 5. The normalized spacial score (nSPS) is 17.8. The molecule has 1 fully saturated rings. The molecular formula is C45H49N3O8. The molecular weight excluding hydrogens is 711 g/mol. The summed E-state index contributed by atoms with van der Waals surface area (Å²) in [6.07, 6.45) is -1.02. The van der Waals surface area contributed by atoms with Gasteiger partial charge in [-0.25, -0.2) is 9.59 Å². The lowest BCUT2D eigenvalue weighted by atomic mass is 9.99. The Hall–Kier alpha value is -5.56. The highest BCUT2D eigenvalue weighted by molar-refractivity contribution is 5.83. The van der Waals surface area contributed by atoms with Gasteiger partial charge in [0.25, 0.3) is 0 Å². The summed E-state index contributed by atoms with van der Waals surface area (Å²) in [4.78, 5) is 27.3. The molecule has 56 heavy (non-hydrogen) atoms. The van der Waals surface area contributed by atoms with Gasteiger partial charge in [-0.2, -0.15) is 0 Å². The molecule has 5 aromatic rings. The molecule has 1 aliphatic rings. The summed E-state index contributed by atoms with van der Waals surface area (Å²) in [7, 11) is 3.23. The third-order valence-electron chi connectivity index (χ3n) is 9.84. The van der Waals surface area contributed by atoms with Crippen molar-refractivity contribution in [1.82, 2.24) is 15.5 Å². The van der Waals surface area contributed by atoms with Gasteiger partial charge in [-0.1, -0.05) is 109 Å². The highest BCUT2D eigenvalue weighted by Crippen LogP contribution is 2.39. The van der Waals surface area contributed by atoms with E-state index in [2.05, 4.69) is 10.6 Å². The van der Waals surface area contributed by atoms with Crippen molar-refractivity contribution < 1.29 is 39.1 Å². The van der Waals surface area contributed by atoms with Crippen molar-refractivity contribution in [3.63, 3.8) is 0 Å². The van der Waals surface area contributed by atoms with Gasteiger partial charge in [0, 0.05) is 38.0 Å². The van der Waals surface area contributed by atoms with Crippen molar-refractivity contribution in [3.8, 4) is 16.9 Å². The SMILES string of the molecule is COC(=O)[C@H](Cc1ccccc1)NC(=O)NCc1cccc(-c2ccc([C@@H]3O[C@H](CN(C)C[C@@H](O)c4cccc(O)c4)C[C@H](c4ccc(CO)cc4)O3)cc2)c1. The Morgan fingerprint density at radius 3 is 2.25 bits per heavy atom. The number of rotatable bonds is 15. The van der Waals surface area contributed by atoms with Crippen molar-refractivity contribution >= 4 is 12.0 Å². The fourth-order valence-corrected chi connectivity index (χ4v) is 6.86. The van der Waals surface area contributed by atoms with Gasteiger partial charge in [0.1, 0.15) is 11.8 Å². The molecule has 0 aromatic heterocycles. The summed E-state index contributed by atoms with van der Waals surface area (Å²) in [6, 6.07) is 38.4. The van der Waals surface area contributed by atoms with Crippen LogP contribution in [0.15, 0.2) is 127 Å². The lowest BCUT2D eigenvalue weighted by molar-refractivity contribution is -0.252. The third kappa shape index (κ3) is 11.0. The zero-order valence-corrected chi connectivity index (χ0v) is 31.6. The second-order valence-electron chi connectivity index (χ2n) is 14.1. The number of phenolic OH excluding ortho intramolecular Hbond substituents is 1. The summed E-state index contributed by atoms with van der Waals surface area (Å²) in [6.45, 7) is 1.09. The van der Waals surface area contributed by atoms with Gasteiger partial charge in [-0.3, -0.25) is 0 Å². The fraction of sp³-hybridized carbons (Fsp3) is 0.289. The quantitative estimate of drug-likeness (QED) is 0.0771. The van der Waals surface area contributed by atoms with Crippen LogP contribution in [0.25, 0.3) is 11.1 Å². The van der Waals surface area contributed by atoms with Gasteiger partial charge in [-0.05, 0) is 64.2 Å². The molecule has 1 aliphatic heterocycles. The summed E-state index contributed by atoms with van der Waals surface area (Å²) < 4.78 is 18.0. The lowest BCUT2D eigenvalue weighted by Gasteiger charge is -2.38. The summed E-state index contributed by atoms with van der Waals surface area (Å²) in [5.41, 5.74) is 7.01. The second kappa shape index (κ2) is 19.3. The van der Waals surface area contributed by atoms with E-state index in [4.69, 9.17) is 14.2 Å². The molecule has 11 nitrogen and oxygen atoms in total. The van der Waals surface area contributed by atoms with Gasteiger partial charge in [0.15, 0.2) is 6.29 Å². The standard InChI is InChI=1S/C45H49N3O8/c1-48(28-41(51)37-12-7-13-38(50)24-37)27-39-25-42(34-16-14-31(29-49)15-17-34)56-44(55-39)35-20-18-33(19-21-35)36-11-6-10-32(22-36)26-46-45(53)47-40(43(52)54-2)23-30-8-4-3-5-9-30/h3-22,24,39-42,44,49-51H,23,25-29H2,1-2H3,(H2,46,47,53)/t39-,40-,41+,42+,44+/m0/s1. The number of methoxy groups -OCH3 is 1. The molecule has 2 amide bonds. The lowest BCUT2D eigenvalue weighted by Crippen LogP contribution is -2.47. The Balaban J connectivity index is 1.10. The molecule has 292 valence electrons. The maximum atomic E-state index is 12.8. The number of aliphatic hydroxyl groups excluding tert-OH is 2. The zero-order chi connectivity index (χ0) is 39.4. The minimum absolute atomic E-state index is 0.0414. The Morgan fingerprint density at radius 1 is 0.821 bits per heavy atom. The zero-order valence-electron chi connectivity index (χ0n) is 31.6. The Labute approximate surface area is 327 Å². The van der Waals surface area contributed by atoms with E-state index < -0.39 is 30.4 Å². The largest absolute Gasteiger partial charge is 0.508 e. The van der Waals surface area contributed by atoms with Crippen LogP contribution in [0.1, 0.15) is 58.3 Å². The number of amides is 2. The number of hydrogen-bond acceptors (Lipinski definition) is 9. The Bertz CT molecular complexity index is 2030. The van der Waals surface area contributed by atoms with Gasteiger partial charge in [0.05, 0.1) is 32.0 Å². The Morgan fingerprint density at radius 2 is 1.54 bits per heavy atom. The van der Waals surface area contributed by atoms with E-state index in [1.54, 1.807) is 24.3 Å². The molecule has 0 radical (unpaired) electrons. The first kappa shape index (κ1) is 40.1. The van der Waals surface area contributed by atoms with Crippen LogP contribution in [-0.4, -0.2) is 71.6 Å². The molecule has 0 unspecified atom stereocenters. The molecule has 1 heterocycles. The first-order valence-electron chi connectivity index (χ1n) is 18.7. The molecule has 6 rings (SSSR count). The maximum Gasteiger partial charge on any atom is 0.328 e. The number of likely N-dealkylation sites (N-methyl/N-ethyl adjacent to an activating group) is 1. The van der Waals surface area contributed by atoms with Crippen LogP contribution < -0.4 is 10.6 Å². The van der Waals surface area contributed by atoms with Crippen molar-refractivity contribution in [2.45, 2.75) is 56.6 Å². The maximum absolute atomic E-state index is 12.8. The summed E-state index contributed by atoms with van der Waals surface area (Å²) >= 11 is 0. The predicted molar refractivity (Wildman–Crippen MR) is 212 cm³/mol. The van der Waals surface area contributed by atoms with E-state index >= 15 is 0 Å². The average Bonchev–Trinajstić information content (AvgIpc) is 3.22. The van der Waals surface area contributed by atoms with E-state index in [0.29, 0.717) is 31.5 Å². The van der Waals surface area contributed by atoms with Gasteiger partial charge < -0.3 is 45.1 Å². The monoisotopic (exact) mass is 759 g/mol. The van der Waals surface area contributed by atoms with Crippen molar-refractivity contribution in [3.05, 3.63) is 161 Å². The first-order valence-corrected chi connectivity index (χ1v) is 18.7. The molecule has 1 saturated heterocycles. The van der Waals surface area contributed by atoms with E-state index in [0.717, 1.165) is 38.9 Å². The number of aliphatic hydroxyl groups is 2. The molecule has 0 bridgehead atoms. The molecule has 5 aromatic carbocycles. The average molecular weight is 760 g/mol. The number of phenols is 1. The number of ether oxygens (including phenoxy) is 3. The Kier molecular flexibility index (Phi) is 13.9. The number of carbonyl (C=O) groups excluding carboxylic acids is 2. The number of nitrogens with zero attached hydrogens (tertiary/aromatic N) is 1. The number of aromatic hydroxyl groups is 1.